The molecule has 0 fully saturated rings. The molecular formula is C3H9NO2S. The molecule has 0 aliphatic rings. The van der Waals surface area contributed by atoms with Crippen LogP contribution >= 0.6 is 12.6 Å². The summed E-state index contributed by atoms with van der Waals surface area (Å²) in [6.45, 7) is -0.278. The molecule has 3 nitrogen and oxygen atoms in total. The number of nitrogens with two attached hydrogens (primary N) is 1. The van der Waals surface area contributed by atoms with Crippen molar-refractivity contribution in [2.45, 2.75) is 0 Å². The molecule has 3 N–H and O–H groups in total. The minimum Gasteiger partial charge on any atom is -0.480 e. The van der Waals surface area contributed by atoms with E-state index in [1.807, 2.05) is 0 Å². The van der Waals surface area contributed by atoms with Crippen molar-refractivity contribution in [1.82, 2.24) is 0 Å². The molecule has 0 unspecified atom stereocenters. The number of carboxylic acid groups (broad SMARTS) is 1. The van der Waals surface area contributed by atoms with Gasteiger partial charge in [-0.1, -0.05) is 0 Å². The number of aliphatic carboxylic acids is 1. The maximum Gasteiger partial charge on any atom is 0.317 e. The van der Waals surface area contributed by atoms with Crippen LogP contribution in [0.4, 0.5) is 0 Å². The molecule has 0 amide bonds. The molecule has 0 aliphatic heterocycles. The van der Waals surface area contributed by atoms with Crippen LogP contribution < -0.4 is 5.73 Å². The second-order valence-corrected chi connectivity index (χ2v) is 0.598. The molecule has 0 saturated carbocycles. The van der Waals surface area contributed by atoms with Gasteiger partial charge in [0.05, 0.1) is 6.54 Å². The van der Waals surface area contributed by atoms with Crippen LogP contribution in [0.2, 0.25) is 0 Å². The topological polar surface area (TPSA) is 63.3 Å². The van der Waals surface area contributed by atoms with Crippen LogP contribution in [0.1, 0.15) is 0 Å². The molecule has 44 valence electrons. The molecule has 0 radical (unpaired) electrons. The van der Waals surface area contributed by atoms with Crippen molar-refractivity contribution in [3.63, 3.8) is 0 Å². The van der Waals surface area contributed by atoms with E-state index in [0.29, 0.717) is 0 Å². The number of carboxylic acids is 1. The summed E-state index contributed by atoms with van der Waals surface area (Å²) in [5.41, 5.74) is 4.57. The first-order valence-electron chi connectivity index (χ1n) is 1.64. The summed E-state index contributed by atoms with van der Waals surface area (Å²) in [7, 11) is 0. The lowest BCUT2D eigenvalue weighted by Crippen LogP contribution is -2.10. The van der Waals surface area contributed by atoms with Crippen LogP contribution in [0.15, 0.2) is 0 Å². The van der Waals surface area contributed by atoms with Gasteiger partial charge in [-0.05, 0) is 6.26 Å². The summed E-state index contributed by atoms with van der Waals surface area (Å²) in [5.74, 6) is -0.968. The quantitative estimate of drug-likeness (QED) is 0.415. The van der Waals surface area contributed by atoms with Crippen LogP contribution in [0.25, 0.3) is 0 Å². The second kappa shape index (κ2) is 9.24. The Hall–Kier alpha value is -0.220. The van der Waals surface area contributed by atoms with E-state index in [1.165, 1.54) is 0 Å². The third-order valence-corrected chi connectivity index (χ3v) is 0.175. The highest BCUT2D eigenvalue weighted by atomic mass is 32.1. The van der Waals surface area contributed by atoms with Gasteiger partial charge in [-0.2, -0.15) is 12.6 Å². The Labute approximate surface area is 47.9 Å². The van der Waals surface area contributed by atoms with Crippen LogP contribution in [0, 0.1) is 0 Å². The summed E-state index contributed by atoms with van der Waals surface area (Å²) in [6, 6.07) is 0. The zero-order valence-electron chi connectivity index (χ0n) is 4.09. The Morgan fingerprint density at radius 2 is 2.00 bits per heavy atom. The number of carbonyl (C=O) groups is 1. The average molecular weight is 123 g/mol. The summed E-state index contributed by atoms with van der Waals surface area (Å²) >= 11 is 3.53. The largest absolute Gasteiger partial charge is 0.480 e. The van der Waals surface area contributed by atoms with Gasteiger partial charge in [-0.25, -0.2) is 0 Å². The van der Waals surface area contributed by atoms with Crippen LogP contribution in [0.5, 0.6) is 0 Å². The second-order valence-electron chi connectivity index (χ2n) is 0.598. The number of rotatable bonds is 1. The lowest BCUT2D eigenvalue weighted by molar-refractivity contribution is -0.135. The van der Waals surface area contributed by atoms with Crippen LogP contribution in [0.3, 0.4) is 0 Å². The lowest BCUT2D eigenvalue weighted by atomic mass is 10.7. The van der Waals surface area contributed by atoms with E-state index in [1.54, 1.807) is 6.26 Å². The first kappa shape index (κ1) is 9.91. The van der Waals surface area contributed by atoms with Gasteiger partial charge in [-0.3, -0.25) is 4.79 Å². The third-order valence-electron chi connectivity index (χ3n) is 0.175. The molecule has 0 heterocycles. The molecule has 0 atom stereocenters. The summed E-state index contributed by atoms with van der Waals surface area (Å²) in [6.07, 6.45) is 1.69. The maximum absolute atomic E-state index is 9.24. The zero-order chi connectivity index (χ0) is 6.28. The monoisotopic (exact) mass is 123 g/mol. The molecule has 7 heavy (non-hydrogen) atoms. The molecule has 0 aromatic heterocycles. The summed E-state index contributed by atoms with van der Waals surface area (Å²) < 4.78 is 0. The minimum absolute atomic E-state index is 0.278. The van der Waals surface area contributed by atoms with E-state index in [-0.39, 0.29) is 6.54 Å². The van der Waals surface area contributed by atoms with E-state index in [9.17, 15) is 4.79 Å². The van der Waals surface area contributed by atoms with Crippen molar-refractivity contribution in [2.75, 3.05) is 12.8 Å². The number of thiol groups is 1. The van der Waals surface area contributed by atoms with Crippen LogP contribution in [-0.2, 0) is 4.79 Å². The minimum atomic E-state index is -0.968. The lowest BCUT2D eigenvalue weighted by Gasteiger charge is -1.73. The van der Waals surface area contributed by atoms with Gasteiger partial charge in [0.1, 0.15) is 0 Å². The molecule has 0 saturated heterocycles. The third kappa shape index (κ3) is 26.1. The Bertz CT molecular complexity index is 48.2. The van der Waals surface area contributed by atoms with Gasteiger partial charge in [0, 0.05) is 0 Å². The highest BCUT2D eigenvalue weighted by molar-refractivity contribution is 7.79. The van der Waals surface area contributed by atoms with E-state index >= 15 is 0 Å². The standard InChI is InChI=1S/C2H5NO2.CH4S/c3-1-2(4)5;1-2/h1,3H2,(H,4,5);2H,1H3. The Kier molecular flexibility index (Phi) is 13.1. The first-order valence-corrected chi connectivity index (χ1v) is 2.53. The van der Waals surface area contributed by atoms with E-state index in [4.69, 9.17) is 5.11 Å². The van der Waals surface area contributed by atoms with Gasteiger partial charge in [-0.15, -0.1) is 0 Å². The normalized spacial score (nSPS) is 6.14. The molecule has 0 spiro atoms. The molecule has 0 aromatic rings. The highest BCUT2D eigenvalue weighted by Crippen LogP contribution is 1.43. The Morgan fingerprint density at radius 1 is 1.86 bits per heavy atom. The fourth-order valence-corrected chi connectivity index (χ4v) is 0. The van der Waals surface area contributed by atoms with Gasteiger partial charge < -0.3 is 10.8 Å². The van der Waals surface area contributed by atoms with Gasteiger partial charge in [0.2, 0.25) is 0 Å². The molecule has 0 rings (SSSR count). The van der Waals surface area contributed by atoms with Gasteiger partial charge >= 0.3 is 5.97 Å². The van der Waals surface area contributed by atoms with E-state index in [2.05, 4.69) is 18.4 Å². The van der Waals surface area contributed by atoms with Crippen molar-refractivity contribution in [3.05, 3.63) is 0 Å². The first-order chi connectivity index (χ1) is 3.27. The van der Waals surface area contributed by atoms with Gasteiger partial charge in [0.15, 0.2) is 0 Å². The number of hydrogen-bond acceptors (Lipinski definition) is 3. The summed E-state index contributed by atoms with van der Waals surface area (Å²) in [5, 5.41) is 7.60. The average Bonchev–Trinajstić information content (AvgIpc) is 1.73. The molecule has 0 bridgehead atoms. The SMILES string of the molecule is CS.NCC(=O)O. The predicted octanol–water partition coefficient (Wildman–Crippen LogP) is -0.424. The smallest absolute Gasteiger partial charge is 0.317 e. The predicted molar refractivity (Wildman–Crippen MR) is 31.6 cm³/mol. The molecule has 4 heteroatoms. The highest BCUT2D eigenvalue weighted by Gasteiger charge is 1.81. The summed E-state index contributed by atoms with van der Waals surface area (Å²) in [4.78, 5) is 9.24. The van der Waals surface area contributed by atoms with Crippen molar-refractivity contribution in [1.29, 1.82) is 0 Å². The van der Waals surface area contributed by atoms with Crippen molar-refractivity contribution in [3.8, 4) is 0 Å². The van der Waals surface area contributed by atoms with E-state index < -0.39 is 5.97 Å². The van der Waals surface area contributed by atoms with Crippen molar-refractivity contribution >= 4 is 18.6 Å². The number of hydrogen-bond donors (Lipinski definition) is 3. The fourth-order valence-electron chi connectivity index (χ4n) is 0. The Morgan fingerprint density at radius 3 is 2.00 bits per heavy atom. The maximum atomic E-state index is 9.24. The Balaban J connectivity index is 0. The van der Waals surface area contributed by atoms with Crippen LogP contribution in [-0.4, -0.2) is 23.9 Å². The van der Waals surface area contributed by atoms with Gasteiger partial charge in [0.25, 0.3) is 0 Å². The van der Waals surface area contributed by atoms with Crippen molar-refractivity contribution in [2.24, 2.45) is 5.73 Å². The van der Waals surface area contributed by atoms with E-state index in [0.717, 1.165) is 0 Å². The zero-order valence-corrected chi connectivity index (χ0v) is 4.98. The molecular weight excluding hydrogens is 114 g/mol. The van der Waals surface area contributed by atoms with Crippen molar-refractivity contribution < 1.29 is 9.90 Å². The molecule has 0 aromatic carbocycles. The fraction of sp³-hybridized carbons (Fsp3) is 0.667. The molecule has 0 aliphatic carbocycles.